The van der Waals surface area contributed by atoms with Gasteiger partial charge in [0.25, 0.3) is 5.91 Å². The minimum Gasteiger partial charge on any atom is -0.368 e. The number of benzene rings is 2. The highest BCUT2D eigenvalue weighted by Crippen LogP contribution is 2.19. The Hall–Kier alpha value is -3.15. The van der Waals surface area contributed by atoms with Crippen molar-refractivity contribution in [1.82, 2.24) is 4.90 Å². The molecule has 2 amide bonds. The standard InChI is InChI=1S/C21H23N3O3/c1-15(25)17-5-9-20(10-6-17)23-11-13-24(14-12-23)21(27)18-3-7-19(8-4-18)22-16(2)26/h3-10H,11-14H2,1-2H3,(H,22,26). The third kappa shape index (κ3) is 4.53. The Balaban J connectivity index is 1.59. The molecule has 1 fully saturated rings. The summed E-state index contributed by atoms with van der Waals surface area (Å²) >= 11 is 0. The topological polar surface area (TPSA) is 69.7 Å². The van der Waals surface area contributed by atoms with Gasteiger partial charge in [0.05, 0.1) is 0 Å². The summed E-state index contributed by atoms with van der Waals surface area (Å²) in [6.07, 6.45) is 0. The minimum atomic E-state index is -0.137. The first-order chi connectivity index (χ1) is 12.9. The molecule has 2 aromatic rings. The van der Waals surface area contributed by atoms with Gasteiger partial charge in [0.2, 0.25) is 5.91 Å². The van der Waals surface area contributed by atoms with Gasteiger partial charge in [-0.15, -0.1) is 0 Å². The first kappa shape index (κ1) is 18.6. The second-order valence-corrected chi connectivity index (χ2v) is 6.64. The Morgan fingerprint density at radius 2 is 1.33 bits per heavy atom. The zero-order valence-corrected chi connectivity index (χ0v) is 15.6. The summed E-state index contributed by atoms with van der Waals surface area (Å²) in [5, 5.41) is 2.69. The molecule has 140 valence electrons. The predicted octanol–water partition coefficient (Wildman–Crippen LogP) is 2.81. The molecule has 6 nitrogen and oxygen atoms in total. The Kier molecular flexibility index (Phi) is 5.54. The van der Waals surface area contributed by atoms with Gasteiger partial charge in [0.15, 0.2) is 5.78 Å². The van der Waals surface area contributed by atoms with E-state index >= 15 is 0 Å². The predicted molar refractivity (Wildman–Crippen MR) is 105 cm³/mol. The molecule has 3 rings (SSSR count). The van der Waals surface area contributed by atoms with Crippen molar-refractivity contribution < 1.29 is 14.4 Å². The van der Waals surface area contributed by atoms with E-state index in [-0.39, 0.29) is 17.6 Å². The van der Waals surface area contributed by atoms with Gasteiger partial charge in [-0.05, 0) is 55.5 Å². The van der Waals surface area contributed by atoms with Crippen molar-refractivity contribution in [2.75, 3.05) is 36.4 Å². The monoisotopic (exact) mass is 365 g/mol. The fourth-order valence-electron chi connectivity index (χ4n) is 3.16. The second kappa shape index (κ2) is 8.03. The average molecular weight is 365 g/mol. The molecule has 1 heterocycles. The molecule has 0 aromatic heterocycles. The Morgan fingerprint density at radius 3 is 1.85 bits per heavy atom. The Bertz CT molecular complexity index is 836. The van der Waals surface area contributed by atoms with Crippen LogP contribution in [0, 0.1) is 0 Å². The fourth-order valence-corrected chi connectivity index (χ4v) is 3.16. The number of rotatable bonds is 4. The number of ketones is 1. The van der Waals surface area contributed by atoms with E-state index in [1.165, 1.54) is 6.92 Å². The van der Waals surface area contributed by atoms with Crippen LogP contribution in [0.15, 0.2) is 48.5 Å². The summed E-state index contributed by atoms with van der Waals surface area (Å²) in [5.41, 5.74) is 3.06. The molecular formula is C21H23N3O3. The highest BCUT2D eigenvalue weighted by atomic mass is 16.2. The van der Waals surface area contributed by atoms with Crippen molar-refractivity contribution in [1.29, 1.82) is 0 Å². The van der Waals surface area contributed by atoms with Crippen molar-refractivity contribution in [3.63, 3.8) is 0 Å². The molecule has 1 N–H and O–H groups in total. The van der Waals surface area contributed by atoms with Gasteiger partial charge >= 0.3 is 0 Å². The van der Waals surface area contributed by atoms with Gasteiger partial charge < -0.3 is 15.1 Å². The van der Waals surface area contributed by atoms with Crippen molar-refractivity contribution in [3.8, 4) is 0 Å². The number of nitrogens with one attached hydrogen (secondary N) is 1. The van der Waals surface area contributed by atoms with Crippen LogP contribution in [0.5, 0.6) is 0 Å². The smallest absolute Gasteiger partial charge is 0.253 e. The number of nitrogens with zero attached hydrogens (tertiary/aromatic N) is 2. The maximum absolute atomic E-state index is 12.7. The summed E-state index contributed by atoms with van der Waals surface area (Å²) in [6.45, 7) is 5.78. The number of hydrogen-bond donors (Lipinski definition) is 1. The van der Waals surface area contributed by atoms with Crippen molar-refractivity contribution >= 4 is 29.0 Å². The number of Topliss-reactive ketones (excluding diaryl/α,β-unsaturated/α-hetero) is 1. The van der Waals surface area contributed by atoms with E-state index in [0.717, 1.165) is 18.8 Å². The van der Waals surface area contributed by atoms with E-state index in [9.17, 15) is 14.4 Å². The third-order valence-electron chi connectivity index (χ3n) is 4.66. The summed E-state index contributed by atoms with van der Waals surface area (Å²) < 4.78 is 0. The Morgan fingerprint density at radius 1 is 0.778 bits per heavy atom. The van der Waals surface area contributed by atoms with Gasteiger partial charge in [-0.2, -0.15) is 0 Å². The van der Waals surface area contributed by atoms with Gasteiger partial charge in [-0.25, -0.2) is 0 Å². The molecule has 0 bridgehead atoms. The summed E-state index contributed by atoms with van der Waals surface area (Å²) in [7, 11) is 0. The molecule has 27 heavy (non-hydrogen) atoms. The van der Waals surface area contributed by atoms with E-state index in [4.69, 9.17) is 0 Å². The first-order valence-electron chi connectivity index (χ1n) is 8.97. The lowest BCUT2D eigenvalue weighted by Crippen LogP contribution is -2.48. The van der Waals surface area contributed by atoms with Gasteiger partial charge in [-0.3, -0.25) is 14.4 Å². The molecule has 2 aromatic carbocycles. The van der Waals surface area contributed by atoms with Crippen molar-refractivity contribution in [2.24, 2.45) is 0 Å². The third-order valence-corrected chi connectivity index (χ3v) is 4.66. The van der Waals surface area contributed by atoms with Crippen LogP contribution in [0.1, 0.15) is 34.6 Å². The summed E-state index contributed by atoms with van der Waals surface area (Å²) in [6, 6.07) is 14.5. The lowest BCUT2D eigenvalue weighted by Gasteiger charge is -2.36. The van der Waals surface area contributed by atoms with Crippen LogP contribution in [0.25, 0.3) is 0 Å². The molecule has 6 heteroatoms. The lowest BCUT2D eigenvalue weighted by atomic mass is 10.1. The highest BCUT2D eigenvalue weighted by molar-refractivity contribution is 5.96. The first-order valence-corrected chi connectivity index (χ1v) is 8.97. The lowest BCUT2D eigenvalue weighted by molar-refractivity contribution is -0.114. The maximum atomic E-state index is 12.7. The normalized spacial score (nSPS) is 14.0. The zero-order chi connectivity index (χ0) is 19.4. The van der Waals surface area contributed by atoms with E-state index < -0.39 is 0 Å². The number of anilines is 2. The van der Waals surface area contributed by atoms with Crippen LogP contribution in [-0.4, -0.2) is 48.7 Å². The van der Waals surface area contributed by atoms with Crippen LogP contribution in [0.2, 0.25) is 0 Å². The Labute approximate surface area is 158 Å². The van der Waals surface area contributed by atoms with E-state index in [1.807, 2.05) is 29.2 Å². The summed E-state index contributed by atoms with van der Waals surface area (Å²) in [5.74, 6) is -0.0843. The highest BCUT2D eigenvalue weighted by Gasteiger charge is 2.22. The van der Waals surface area contributed by atoms with E-state index in [1.54, 1.807) is 31.2 Å². The van der Waals surface area contributed by atoms with Crippen molar-refractivity contribution in [2.45, 2.75) is 13.8 Å². The molecule has 1 saturated heterocycles. The van der Waals surface area contributed by atoms with Crippen LogP contribution in [0.4, 0.5) is 11.4 Å². The SMILES string of the molecule is CC(=O)Nc1ccc(C(=O)N2CCN(c3ccc(C(C)=O)cc3)CC2)cc1. The zero-order valence-electron chi connectivity index (χ0n) is 15.6. The number of amides is 2. The maximum Gasteiger partial charge on any atom is 0.253 e. The van der Waals surface area contributed by atoms with E-state index in [2.05, 4.69) is 10.2 Å². The van der Waals surface area contributed by atoms with Crippen molar-refractivity contribution in [3.05, 3.63) is 59.7 Å². The van der Waals surface area contributed by atoms with Gasteiger partial charge in [0.1, 0.15) is 0 Å². The molecule has 0 radical (unpaired) electrons. The molecule has 0 saturated carbocycles. The number of carbonyl (C=O) groups is 3. The van der Waals surface area contributed by atoms with Crippen LogP contribution in [-0.2, 0) is 4.79 Å². The largest absolute Gasteiger partial charge is 0.368 e. The molecule has 0 atom stereocenters. The van der Waals surface area contributed by atoms with E-state index in [0.29, 0.717) is 29.9 Å². The van der Waals surface area contributed by atoms with Crippen LogP contribution in [0.3, 0.4) is 0 Å². The summed E-state index contributed by atoms with van der Waals surface area (Å²) in [4.78, 5) is 39.2. The molecule has 0 spiro atoms. The van der Waals surface area contributed by atoms with Crippen LogP contribution >= 0.6 is 0 Å². The van der Waals surface area contributed by atoms with Gasteiger partial charge in [0, 0.05) is 55.6 Å². The fraction of sp³-hybridized carbons (Fsp3) is 0.286. The van der Waals surface area contributed by atoms with Gasteiger partial charge in [-0.1, -0.05) is 0 Å². The molecular weight excluding hydrogens is 342 g/mol. The molecule has 1 aliphatic rings. The molecule has 0 unspecified atom stereocenters. The second-order valence-electron chi connectivity index (χ2n) is 6.64. The average Bonchev–Trinajstić information content (AvgIpc) is 2.68. The minimum absolute atomic E-state index is 0.00375. The number of carbonyl (C=O) groups excluding carboxylic acids is 3. The number of hydrogen-bond acceptors (Lipinski definition) is 4. The van der Waals surface area contributed by atoms with Crippen LogP contribution < -0.4 is 10.2 Å². The molecule has 0 aliphatic carbocycles. The quantitative estimate of drug-likeness (QED) is 0.846. The molecule has 1 aliphatic heterocycles. The number of piperazine rings is 1.